The number of nitrogens with two attached hydrogens (primary N) is 1. The average molecular weight is 205 g/mol. The summed E-state index contributed by atoms with van der Waals surface area (Å²) in [5, 5.41) is 9.64. The van der Waals surface area contributed by atoms with Crippen molar-refractivity contribution in [3.05, 3.63) is 12.2 Å². The number of amidine groups is 1. The third-order valence-electron chi connectivity index (χ3n) is 1.75. The molecular formula is C9H17ClN2O. The van der Waals surface area contributed by atoms with Gasteiger partial charge in [0.25, 0.3) is 0 Å². The molecule has 0 heterocycles. The molecule has 0 fully saturated rings. The molecule has 0 aromatic rings. The van der Waals surface area contributed by atoms with Gasteiger partial charge in [0.1, 0.15) is 0 Å². The van der Waals surface area contributed by atoms with Gasteiger partial charge in [0.05, 0.1) is 5.60 Å². The van der Waals surface area contributed by atoms with Gasteiger partial charge in [-0.25, -0.2) is 0 Å². The Labute approximate surface area is 84.3 Å². The van der Waals surface area contributed by atoms with Crippen LogP contribution in [-0.2, 0) is 0 Å². The van der Waals surface area contributed by atoms with E-state index in [1.807, 2.05) is 13.0 Å². The van der Waals surface area contributed by atoms with Crippen molar-refractivity contribution in [2.45, 2.75) is 32.3 Å². The molecule has 0 aliphatic rings. The van der Waals surface area contributed by atoms with Crippen molar-refractivity contribution in [1.82, 2.24) is 0 Å². The Morgan fingerprint density at radius 1 is 1.69 bits per heavy atom. The lowest BCUT2D eigenvalue weighted by Gasteiger charge is -2.15. The summed E-state index contributed by atoms with van der Waals surface area (Å²) in [4.78, 5) is 3.80. The van der Waals surface area contributed by atoms with E-state index < -0.39 is 5.60 Å². The molecule has 0 aromatic carbocycles. The monoisotopic (exact) mass is 204 g/mol. The van der Waals surface area contributed by atoms with Crippen molar-refractivity contribution in [1.29, 1.82) is 0 Å². The summed E-state index contributed by atoms with van der Waals surface area (Å²) in [6.07, 6.45) is 5.09. The van der Waals surface area contributed by atoms with Crippen molar-refractivity contribution >= 4 is 16.9 Å². The predicted molar refractivity (Wildman–Crippen MR) is 57.0 cm³/mol. The molecule has 3 nitrogen and oxygen atoms in total. The molecule has 0 radical (unpaired) electrons. The van der Waals surface area contributed by atoms with Gasteiger partial charge in [-0.1, -0.05) is 19.1 Å². The first kappa shape index (κ1) is 12.5. The van der Waals surface area contributed by atoms with Gasteiger partial charge in [-0.3, -0.25) is 4.99 Å². The summed E-state index contributed by atoms with van der Waals surface area (Å²) in [6, 6.07) is 0. The lowest BCUT2D eigenvalue weighted by atomic mass is 10.0. The standard InChI is InChI=1S/C9H17ClN2O/c1-3-9(2,13)6-4-5-7-12-8(10)11/h4,6,13H,3,5,7H2,1-2H3,(H2,11,12)/b6-4-/t9-/m0/s1. The Hall–Kier alpha value is -0.540. The number of rotatable bonds is 5. The van der Waals surface area contributed by atoms with Crippen LogP contribution in [0, 0.1) is 0 Å². The second kappa shape index (κ2) is 6.00. The van der Waals surface area contributed by atoms with Crippen LogP contribution in [0.4, 0.5) is 0 Å². The van der Waals surface area contributed by atoms with E-state index in [-0.39, 0.29) is 5.29 Å². The highest BCUT2D eigenvalue weighted by atomic mass is 35.5. The minimum Gasteiger partial charge on any atom is -0.386 e. The Bertz CT molecular complexity index is 196. The van der Waals surface area contributed by atoms with E-state index >= 15 is 0 Å². The largest absolute Gasteiger partial charge is 0.386 e. The highest BCUT2D eigenvalue weighted by molar-refractivity contribution is 6.64. The lowest BCUT2D eigenvalue weighted by molar-refractivity contribution is 0.107. The molecule has 0 bridgehead atoms. The predicted octanol–water partition coefficient (Wildman–Crippen LogP) is 1.65. The molecule has 13 heavy (non-hydrogen) atoms. The smallest absolute Gasteiger partial charge is 0.188 e. The molecule has 0 amide bonds. The zero-order chi connectivity index (χ0) is 10.3. The summed E-state index contributed by atoms with van der Waals surface area (Å²) in [5.74, 6) is 0. The fourth-order valence-electron chi connectivity index (χ4n) is 0.701. The highest BCUT2D eigenvalue weighted by Gasteiger charge is 2.10. The zero-order valence-corrected chi connectivity index (χ0v) is 8.88. The number of aliphatic hydroxyl groups is 1. The Kier molecular flexibility index (Phi) is 5.75. The highest BCUT2D eigenvalue weighted by Crippen LogP contribution is 2.09. The van der Waals surface area contributed by atoms with E-state index in [1.54, 1.807) is 13.0 Å². The molecular weight excluding hydrogens is 188 g/mol. The van der Waals surface area contributed by atoms with Gasteiger partial charge in [0.15, 0.2) is 5.29 Å². The molecule has 0 unspecified atom stereocenters. The van der Waals surface area contributed by atoms with Crippen LogP contribution in [-0.4, -0.2) is 22.5 Å². The van der Waals surface area contributed by atoms with E-state index in [0.29, 0.717) is 13.0 Å². The summed E-state index contributed by atoms with van der Waals surface area (Å²) in [7, 11) is 0. The summed E-state index contributed by atoms with van der Waals surface area (Å²) < 4.78 is 0. The Morgan fingerprint density at radius 2 is 2.31 bits per heavy atom. The van der Waals surface area contributed by atoms with Crippen molar-refractivity contribution in [3.8, 4) is 0 Å². The topological polar surface area (TPSA) is 58.6 Å². The first-order chi connectivity index (χ1) is 5.98. The number of hydrogen-bond acceptors (Lipinski definition) is 2. The quantitative estimate of drug-likeness (QED) is 0.235. The van der Waals surface area contributed by atoms with Crippen LogP contribution in [0.1, 0.15) is 26.7 Å². The van der Waals surface area contributed by atoms with E-state index in [4.69, 9.17) is 17.3 Å². The number of halogens is 1. The van der Waals surface area contributed by atoms with Gasteiger partial charge in [0, 0.05) is 6.54 Å². The normalized spacial score (nSPS) is 17.7. The van der Waals surface area contributed by atoms with Crippen molar-refractivity contribution in [2.75, 3.05) is 6.54 Å². The molecule has 0 aliphatic carbocycles. The first-order valence-corrected chi connectivity index (χ1v) is 4.71. The summed E-state index contributed by atoms with van der Waals surface area (Å²) in [6.45, 7) is 4.26. The van der Waals surface area contributed by atoms with Gasteiger partial charge < -0.3 is 10.8 Å². The molecule has 0 spiro atoms. The lowest BCUT2D eigenvalue weighted by Crippen LogP contribution is -2.18. The van der Waals surface area contributed by atoms with Crippen LogP contribution in [0.5, 0.6) is 0 Å². The van der Waals surface area contributed by atoms with Gasteiger partial charge in [-0.2, -0.15) is 0 Å². The molecule has 0 rings (SSSR count). The number of nitrogens with zero attached hydrogens (tertiary/aromatic N) is 1. The van der Waals surface area contributed by atoms with E-state index in [0.717, 1.165) is 6.42 Å². The van der Waals surface area contributed by atoms with Gasteiger partial charge in [-0.15, -0.1) is 0 Å². The SMILES string of the molecule is CC[C@](C)(O)/C=C\CCN=C(N)Cl. The van der Waals surface area contributed by atoms with Crippen LogP contribution in [0.25, 0.3) is 0 Å². The maximum atomic E-state index is 9.56. The number of aliphatic imine (C=N–C) groups is 1. The fraction of sp³-hybridized carbons (Fsp3) is 0.667. The molecule has 3 N–H and O–H groups in total. The molecule has 1 atom stereocenters. The van der Waals surface area contributed by atoms with Crippen molar-refractivity contribution in [3.63, 3.8) is 0 Å². The second-order valence-electron chi connectivity index (χ2n) is 3.11. The summed E-state index contributed by atoms with van der Waals surface area (Å²) in [5.41, 5.74) is 4.42. The van der Waals surface area contributed by atoms with Crippen LogP contribution >= 0.6 is 11.6 Å². The van der Waals surface area contributed by atoms with E-state index in [1.165, 1.54) is 0 Å². The van der Waals surface area contributed by atoms with Crippen molar-refractivity contribution in [2.24, 2.45) is 10.7 Å². The maximum Gasteiger partial charge on any atom is 0.188 e. The van der Waals surface area contributed by atoms with E-state index in [2.05, 4.69) is 4.99 Å². The molecule has 4 heteroatoms. The number of hydrogen-bond donors (Lipinski definition) is 2. The molecule has 0 saturated carbocycles. The minimum absolute atomic E-state index is 0.0793. The third-order valence-corrected chi connectivity index (χ3v) is 1.87. The summed E-state index contributed by atoms with van der Waals surface area (Å²) >= 11 is 5.33. The van der Waals surface area contributed by atoms with Crippen LogP contribution < -0.4 is 5.73 Å². The maximum absolute atomic E-state index is 9.56. The molecule has 0 saturated heterocycles. The van der Waals surface area contributed by atoms with Crippen LogP contribution in [0.2, 0.25) is 0 Å². The van der Waals surface area contributed by atoms with Gasteiger partial charge in [0.2, 0.25) is 0 Å². The van der Waals surface area contributed by atoms with Crippen LogP contribution in [0.3, 0.4) is 0 Å². The molecule has 0 aliphatic heterocycles. The Morgan fingerprint density at radius 3 is 2.77 bits per heavy atom. The van der Waals surface area contributed by atoms with Crippen LogP contribution in [0.15, 0.2) is 17.1 Å². The fourth-order valence-corrected chi connectivity index (χ4v) is 0.785. The molecule has 76 valence electrons. The average Bonchev–Trinajstić information content (AvgIpc) is 2.03. The molecule has 0 aromatic heterocycles. The third kappa shape index (κ3) is 7.81. The zero-order valence-electron chi connectivity index (χ0n) is 8.13. The van der Waals surface area contributed by atoms with Gasteiger partial charge >= 0.3 is 0 Å². The first-order valence-electron chi connectivity index (χ1n) is 4.33. The second-order valence-corrected chi connectivity index (χ2v) is 3.49. The van der Waals surface area contributed by atoms with Crippen molar-refractivity contribution < 1.29 is 5.11 Å². The minimum atomic E-state index is -0.712. The van der Waals surface area contributed by atoms with Gasteiger partial charge in [-0.05, 0) is 31.4 Å². The van der Waals surface area contributed by atoms with E-state index in [9.17, 15) is 5.11 Å². The Balaban J connectivity index is 3.70.